The predicted molar refractivity (Wildman–Crippen MR) is 126 cm³/mol. The summed E-state index contributed by atoms with van der Waals surface area (Å²) in [5.74, 6) is 0.965. The van der Waals surface area contributed by atoms with E-state index in [9.17, 15) is 0 Å². The number of piperidine rings is 1. The molecule has 1 rings (SSSR count). The van der Waals surface area contributed by atoms with Gasteiger partial charge in [0, 0.05) is 51.4 Å². The van der Waals surface area contributed by atoms with E-state index >= 15 is 0 Å². The van der Waals surface area contributed by atoms with Crippen molar-refractivity contribution in [2.45, 2.75) is 84.8 Å². The third-order valence-corrected chi connectivity index (χ3v) is 5.19. The van der Waals surface area contributed by atoms with Gasteiger partial charge in [0.1, 0.15) is 0 Å². The van der Waals surface area contributed by atoms with E-state index in [4.69, 9.17) is 0 Å². The number of likely N-dealkylation sites (tertiary alicyclic amines) is 1. The molecule has 0 bridgehead atoms. The maximum atomic E-state index is 4.40. The standard InChI is InChI=1S/C20H43N5.HI/c1-7-8-13-24-15-10-19(11-16-24)23-20(21-6)22-12-9-14-25(17(2)3)18(4)5;/h17-19H,7-16H2,1-6H3,(H2,21,22,23);1H. The summed E-state index contributed by atoms with van der Waals surface area (Å²) in [6.45, 7) is 17.2. The van der Waals surface area contributed by atoms with Crippen LogP contribution in [-0.2, 0) is 0 Å². The first-order valence-corrected chi connectivity index (χ1v) is 10.4. The molecule has 1 aliphatic heterocycles. The van der Waals surface area contributed by atoms with Gasteiger partial charge in [-0.3, -0.25) is 9.89 Å². The van der Waals surface area contributed by atoms with Crippen molar-refractivity contribution >= 4 is 29.9 Å². The first kappa shape index (κ1) is 25.9. The molecule has 156 valence electrons. The molecule has 0 radical (unpaired) electrons. The lowest BCUT2D eigenvalue weighted by Gasteiger charge is -2.33. The second-order valence-electron chi connectivity index (χ2n) is 7.89. The van der Waals surface area contributed by atoms with E-state index < -0.39 is 0 Å². The molecule has 1 fully saturated rings. The second-order valence-corrected chi connectivity index (χ2v) is 7.89. The molecule has 0 saturated carbocycles. The van der Waals surface area contributed by atoms with E-state index in [0.29, 0.717) is 18.1 Å². The van der Waals surface area contributed by atoms with Crippen molar-refractivity contribution < 1.29 is 0 Å². The van der Waals surface area contributed by atoms with Gasteiger partial charge < -0.3 is 15.5 Å². The average Bonchev–Trinajstić information content (AvgIpc) is 2.59. The zero-order chi connectivity index (χ0) is 18.7. The van der Waals surface area contributed by atoms with Crippen LogP contribution >= 0.6 is 24.0 Å². The smallest absolute Gasteiger partial charge is 0.191 e. The Labute approximate surface area is 179 Å². The summed E-state index contributed by atoms with van der Waals surface area (Å²) in [4.78, 5) is 9.55. The number of hydrogen-bond acceptors (Lipinski definition) is 3. The van der Waals surface area contributed by atoms with Crippen molar-refractivity contribution in [1.29, 1.82) is 0 Å². The van der Waals surface area contributed by atoms with Crippen LogP contribution in [0.25, 0.3) is 0 Å². The van der Waals surface area contributed by atoms with Crippen LogP contribution in [0.1, 0.15) is 66.7 Å². The second kappa shape index (κ2) is 14.9. The van der Waals surface area contributed by atoms with Crippen molar-refractivity contribution in [1.82, 2.24) is 20.4 Å². The molecule has 26 heavy (non-hydrogen) atoms. The van der Waals surface area contributed by atoms with Crippen LogP contribution in [0.5, 0.6) is 0 Å². The number of nitrogens with one attached hydrogen (secondary N) is 2. The lowest BCUT2D eigenvalue weighted by molar-refractivity contribution is 0.173. The SMILES string of the molecule is CCCCN1CCC(NC(=NC)NCCCN(C(C)C)C(C)C)CC1.I. The molecule has 5 nitrogen and oxygen atoms in total. The molecule has 0 aromatic rings. The molecule has 0 atom stereocenters. The third kappa shape index (κ3) is 10.3. The molecule has 1 heterocycles. The molecular formula is C20H44IN5. The normalized spacial score (nSPS) is 17.0. The highest BCUT2D eigenvalue weighted by Gasteiger charge is 2.19. The van der Waals surface area contributed by atoms with Crippen molar-refractivity contribution in [2.24, 2.45) is 4.99 Å². The van der Waals surface area contributed by atoms with Gasteiger partial charge in [-0.2, -0.15) is 0 Å². The van der Waals surface area contributed by atoms with Gasteiger partial charge in [0.25, 0.3) is 0 Å². The Morgan fingerprint density at radius 3 is 2.23 bits per heavy atom. The van der Waals surface area contributed by atoms with Gasteiger partial charge in [-0.25, -0.2) is 0 Å². The number of rotatable bonds is 10. The summed E-state index contributed by atoms with van der Waals surface area (Å²) in [6.07, 6.45) is 6.20. The fourth-order valence-electron chi connectivity index (χ4n) is 3.65. The number of guanidine groups is 1. The van der Waals surface area contributed by atoms with Crippen molar-refractivity contribution in [2.75, 3.05) is 39.8 Å². The fourth-order valence-corrected chi connectivity index (χ4v) is 3.65. The minimum atomic E-state index is 0. The van der Waals surface area contributed by atoms with E-state index in [1.807, 2.05) is 7.05 Å². The van der Waals surface area contributed by atoms with E-state index in [-0.39, 0.29) is 24.0 Å². The van der Waals surface area contributed by atoms with Crippen LogP contribution < -0.4 is 10.6 Å². The molecule has 6 heteroatoms. The summed E-state index contributed by atoms with van der Waals surface area (Å²) in [6, 6.07) is 1.78. The topological polar surface area (TPSA) is 42.9 Å². The summed E-state index contributed by atoms with van der Waals surface area (Å²) in [5, 5.41) is 7.11. The van der Waals surface area contributed by atoms with Crippen LogP contribution in [0, 0.1) is 0 Å². The lowest BCUT2D eigenvalue weighted by atomic mass is 10.0. The third-order valence-electron chi connectivity index (χ3n) is 5.19. The average molecular weight is 482 g/mol. The van der Waals surface area contributed by atoms with Crippen molar-refractivity contribution in [3.8, 4) is 0 Å². The molecule has 0 aromatic carbocycles. The number of nitrogens with zero attached hydrogens (tertiary/aromatic N) is 3. The van der Waals surface area contributed by atoms with Gasteiger partial charge in [0.2, 0.25) is 0 Å². The molecule has 0 spiro atoms. The molecule has 0 aromatic heterocycles. The summed E-state index contributed by atoms with van der Waals surface area (Å²) >= 11 is 0. The molecule has 0 unspecified atom stereocenters. The Balaban J connectivity index is 0.00000625. The lowest BCUT2D eigenvalue weighted by Crippen LogP contribution is -2.49. The van der Waals surface area contributed by atoms with E-state index in [2.05, 4.69) is 60.0 Å². The number of halogens is 1. The Morgan fingerprint density at radius 1 is 1.12 bits per heavy atom. The molecular weight excluding hydrogens is 437 g/mol. The zero-order valence-electron chi connectivity index (χ0n) is 18.1. The summed E-state index contributed by atoms with van der Waals surface area (Å²) in [5.41, 5.74) is 0. The molecule has 1 aliphatic rings. The molecule has 0 amide bonds. The number of aliphatic imine (C=N–C) groups is 1. The fraction of sp³-hybridized carbons (Fsp3) is 0.950. The Hall–Kier alpha value is -0.0800. The highest BCUT2D eigenvalue weighted by Crippen LogP contribution is 2.11. The van der Waals surface area contributed by atoms with E-state index in [1.54, 1.807) is 0 Å². The quantitative estimate of drug-likeness (QED) is 0.217. The highest BCUT2D eigenvalue weighted by molar-refractivity contribution is 14.0. The molecule has 2 N–H and O–H groups in total. The number of unbranched alkanes of at least 4 members (excludes halogenated alkanes) is 1. The van der Waals surface area contributed by atoms with Crippen LogP contribution in [0.4, 0.5) is 0 Å². The van der Waals surface area contributed by atoms with Crippen LogP contribution in [0.15, 0.2) is 4.99 Å². The predicted octanol–water partition coefficient (Wildman–Crippen LogP) is 3.54. The van der Waals surface area contributed by atoms with Crippen LogP contribution in [0.2, 0.25) is 0 Å². The van der Waals surface area contributed by atoms with Crippen molar-refractivity contribution in [3.05, 3.63) is 0 Å². The Morgan fingerprint density at radius 2 is 1.73 bits per heavy atom. The molecule has 0 aliphatic carbocycles. The van der Waals surface area contributed by atoms with E-state index in [1.165, 1.54) is 45.3 Å². The van der Waals surface area contributed by atoms with Gasteiger partial charge in [-0.15, -0.1) is 24.0 Å². The number of hydrogen-bond donors (Lipinski definition) is 2. The van der Waals surface area contributed by atoms with Gasteiger partial charge in [0.15, 0.2) is 5.96 Å². The van der Waals surface area contributed by atoms with Crippen LogP contribution in [-0.4, -0.2) is 73.7 Å². The van der Waals surface area contributed by atoms with Crippen molar-refractivity contribution in [3.63, 3.8) is 0 Å². The largest absolute Gasteiger partial charge is 0.356 e. The van der Waals surface area contributed by atoms with E-state index in [0.717, 1.165) is 25.5 Å². The van der Waals surface area contributed by atoms with Gasteiger partial charge in [-0.05, 0) is 59.9 Å². The summed E-state index contributed by atoms with van der Waals surface area (Å²) in [7, 11) is 1.88. The Kier molecular flexibility index (Phi) is 14.9. The first-order chi connectivity index (χ1) is 12.0. The van der Waals surface area contributed by atoms with Gasteiger partial charge >= 0.3 is 0 Å². The zero-order valence-corrected chi connectivity index (χ0v) is 20.4. The maximum Gasteiger partial charge on any atom is 0.191 e. The summed E-state index contributed by atoms with van der Waals surface area (Å²) < 4.78 is 0. The minimum absolute atomic E-state index is 0. The molecule has 1 saturated heterocycles. The first-order valence-electron chi connectivity index (χ1n) is 10.4. The van der Waals surface area contributed by atoms with Crippen LogP contribution in [0.3, 0.4) is 0 Å². The monoisotopic (exact) mass is 481 g/mol. The van der Waals surface area contributed by atoms with Gasteiger partial charge in [-0.1, -0.05) is 13.3 Å². The minimum Gasteiger partial charge on any atom is -0.356 e. The van der Waals surface area contributed by atoms with Gasteiger partial charge in [0.05, 0.1) is 0 Å². The Bertz CT molecular complexity index is 357. The maximum absolute atomic E-state index is 4.40. The highest BCUT2D eigenvalue weighted by atomic mass is 127.